The number of hydrogen-bond donors (Lipinski definition) is 1. The molecule has 7 heteroatoms. The molecule has 0 aliphatic carbocycles. The summed E-state index contributed by atoms with van der Waals surface area (Å²) < 4.78 is 5.38. The molecule has 0 radical (unpaired) electrons. The highest BCUT2D eigenvalue weighted by Gasteiger charge is 2.46. The number of nitrogens with zero attached hydrogens (tertiary/aromatic N) is 3. The van der Waals surface area contributed by atoms with Crippen molar-refractivity contribution in [3.63, 3.8) is 0 Å². The van der Waals surface area contributed by atoms with Gasteiger partial charge in [-0.1, -0.05) is 35.9 Å². The molecule has 3 heterocycles. The molecule has 2 fully saturated rings. The Hall–Kier alpha value is -3.03. The van der Waals surface area contributed by atoms with Crippen molar-refractivity contribution in [2.75, 3.05) is 39.4 Å². The van der Waals surface area contributed by atoms with Gasteiger partial charge in [0, 0.05) is 37.9 Å². The summed E-state index contributed by atoms with van der Waals surface area (Å²) >= 11 is 0. The standard InChI is InChI=1S/C23H25N3O4/c1-16-5-7-17(8-6-16)21(27)19-20(18-4-2-3-9-24-18)26(23(29)22(19)28)11-10-25-12-14-30-15-13-25/h2-9,20,27H,10-15H2,1H3/t20-/m1/s1. The lowest BCUT2D eigenvalue weighted by Crippen LogP contribution is -2.42. The Morgan fingerprint density at radius 1 is 1.10 bits per heavy atom. The summed E-state index contributed by atoms with van der Waals surface area (Å²) in [6.45, 7) is 5.86. The average Bonchev–Trinajstić information content (AvgIpc) is 3.04. The van der Waals surface area contributed by atoms with Crippen LogP contribution < -0.4 is 0 Å². The largest absolute Gasteiger partial charge is 0.507 e. The SMILES string of the molecule is Cc1ccc(C(O)=C2C(=O)C(=O)N(CCN3CCOCC3)[C@@H]2c2ccccn2)cc1. The number of pyridine rings is 1. The third-order valence-electron chi connectivity index (χ3n) is 5.59. The van der Waals surface area contributed by atoms with Gasteiger partial charge in [0.2, 0.25) is 0 Å². The number of hydrogen-bond acceptors (Lipinski definition) is 6. The van der Waals surface area contributed by atoms with Crippen molar-refractivity contribution < 1.29 is 19.4 Å². The molecule has 156 valence electrons. The van der Waals surface area contributed by atoms with E-state index < -0.39 is 17.7 Å². The summed E-state index contributed by atoms with van der Waals surface area (Å²) in [4.78, 5) is 34.0. The molecule has 0 bridgehead atoms. The molecule has 4 rings (SSSR count). The van der Waals surface area contributed by atoms with E-state index in [0.29, 0.717) is 37.6 Å². The predicted octanol–water partition coefficient (Wildman–Crippen LogP) is 2.14. The van der Waals surface area contributed by atoms with Crippen LogP contribution in [0.1, 0.15) is 22.9 Å². The lowest BCUT2D eigenvalue weighted by atomic mass is 9.98. The summed E-state index contributed by atoms with van der Waals surface area (Å²) in [5.74, 6) is -1.45. The van der Waals surface area contributed by atoms with Crippen molar-refractivity contribution in [3.05, 3.63) is 71.1 Å². The first-order valence-electron chi connectivity index (χ1n) is 10.1. The van der Waals surface area contributed by atoms with Gasteiger partial charge in [-0.05, 0) is 19.1 Å². The quantitative estimate of drug-likeness (QED) is 0.465. The molecular weight excluding hydrogens is 382 g/mol. The van der Waals surface area contributed by atoms with E-state index in [9.17, 15) is 14.7 Å². The third-order valence-corrected chi connectivity index (χ3v) is 5.59. The Kier molecular flexibility index (Phi) is 5.92. The first-order valence-corrected chi connectivity index (χ1v) is 10.1. The number of morpholine rings is 1. The number of Topliss-reactive ketones (excluding diaryl/α,β-unsaturated/α-hetero) is 1. The molecule has 1 N–H and O–H groups in total. The van der Waals surface area contributed by atoms with Gasteiger partial charge in [0.05, 0.1) is 24.5 Å². The fourth-order valence-electron chi connectivity index (χ4n) is 3.90. The molecule has 2 aliphatic heterocycles. The predicted molar refractivity (Wildman–Crippen MR) is 112 cm³/mol. The third kappa shape index (κ3) is 3.99. The lowest BCUT2D eigenvalue weighted by molar-refractivity contribution is -0.140. The van der Waals surface area contributed by atoms with Gasteiger partial charge in [-0.25, -0.2) is 0 Å². The van der Waals surface area contributed by atoms with Crippen molar-refractivity contribution in [1.82, 2.24) is 14.8 Å². The Balaban J connectivity index is 1.71. The Bertz CT molecular complexity index is 950. The van der Waals surface area contributed by atoms with E-state index in [4.69, 9.17) is 4.74 Å². The van der Waals surface area contributed by atoms with Gasteiger partial charge >= 0.3 is 0 Å². The zero-order valence-corrected chi connectivity index (χ0v) is 17.0. The van der Waals surface area contributed by atoms with E-state index in [1.54, 1.807) is 30.5 Å². The number of aliphatic hydroxyl groups is 1. The lowest BCUT2D eigenvalue weighted by Gasteiger charge is -2.30. The number of likely N-dealkylation sites (tertiary alicyclic amines) is 1. The molecular formula is C23H25N3O4. The van der Waals surface area contributed by atoms with Crippen molar-refractivity contribution in [2.24, 2.45) is 0 Å². The van der Waals surface area contributed by atoms with Gasteiger partial charge in [-0.15, -0.1) is 0 Å². The molecule has 1 aromatic carbocycles. The van der Waals surface area contributed by atoms with Crippen LogP contribution in [0.2, 0.25) is 0 Å². The smallest absolute Gasteiger partial charge is 0.295 e. The topological polar surface area (TPSA) is 83.0 Å². The highest BCUT2D eigenvalue weighted by Crippen LogP contribution is 2.38. The number of benzene rings is 1. The highest BCUT2D eigenvalue weighted by atomic mass is 16.5. The monoisotopic (exact) mass is 407 g/mol. The molecule has 1 aromatic heterocycles. The molecule has 30 heavy (non-hydrogen) atoms. The van der Waals surface area contributed by atoms with Crippen molar-refractivity contribution in [1.29, 1.82) is 0 Å². The van der Waals surface area contributed by atoms with Crippen molar-refractivity contribution >= 4 is 17.4 Å². The molecule has 0 saturated carbocycles. The van der Waals surface area contributed by atoms with Gasteiger partial charge < -0.3 is 14.7 Å². The van der Waals surface area contributed by atoms with E-state index in [2.05, 4.69) is 9.88 Å². The first-order chi connectivity index (χ1) is 14.6. The summed E-state index contributed by atoms with van der Waals surface area (Å²) in [6.07, 6.45) is 1.63. The molecule has 1 amide bonds. The number of ketones is 1. The highest BCUT2D eigenvalue weighted by molar-refractivity contribution is 6.46. The fourth-order valence-corrected chi connectivity index (χ4v) is 3.90. The maximum absolute atomic E-state index is 13.0. The molecule has 2 saturated heterocycles. The number of aliphatic hydroxyl groups excluding tert-OH is 1. The maximum Gasteiger partial charge on any atom is 0.295 e. The van der Waals surface area contributed by atoms with Crippen LogP contribution in [0.4, 0.5) is 0 Å². The van der Waals surface area contributed by atoms with Gasteiger partial charge in [0.25, 0.3) is 11.7 Å². The van der Waals surface area contributed by atoms with Crippen LogP contribution in [-0.2, 0) is 14.3 Å². The average molecular weight is 407 g/mol. The second-order valence-electron chi connectivity index (χ2n) is 7.57. The van der Waals surface area contributed by atoms with Crippen LogP contribution in [-0.4, -0.2) is 71.0 Å². The van der Waals surface area contributed by atoms with Crippen LogP contribution >= 0.6 is 0 Å². The second-order valence-corrected chi connectivity index (χ2v) is 7.57. The number of carbonyl (C=O) groups excluding carboxylic acids is 2. The number of carbonyl (C=O) groups is 2. The Morgan fingerprint density at radius 3 is 2.50 bits per heavy atom. The molecule has 0 unspecified atom stereocenters. The fraction of sp³-hybridized carbons (Fsp3) is 0.348. The summed E-state index contributed by atoms with van der Waals surface area (Å²) in [6, 6.07) is 11.9. The summed E-state index contributed by atoms with van der Waals surface area (Å²) in [5, 5.41) is 11.0. The first kappa shape index (κ1) is 20.3. The minimum atomic E-state index is -0.714. The van der Waals surface area contributed by atoms with Crippen LogP contribution in [0, 0.1) is 6.92 Å². The van der Waals surface area contributed by atoms with E-state index in [1.807, 2.05) is 25.1 Å². The maximum atomic E-state index is 13.0. The van der Waals surface area contributed by atoms with Gasteiger partial charge in [0.15, 0.2) is 0 Å². The Labute approximate surface area is 175 Å². The number of aryl methyl sites for hydroxylation is 1. The number of amides is 1. The zero-order chi connectivity index (χ0) is 21.1. The molecule has 2 aromatic rings. The Morgan fingerprint density at radius 2 is 1.83 bits per heavy atom. The number of ether oxygens (including phenoxy) is 1. The molecule has 1 atom stereocenters. The van der Waals surface area contributed by atoms with Crippen LogP contribution in [0.25, 0.3) is 5.76 Å². The molecule has 2 aliphatic rings. The van der Waals surface area contributed by atoms with E-state index in [0.717, 1.165) is 18.7 Å². The minimum absolute atomic E-state index is 0.0875. The normalized spacial score (nSPS) is 21.9. The van der Waals surface area contributed by atoms with Crippen molar-refractivity contribution in [3.8, 4) is 0 Å². The van der Waals surface area contributed by atoms with Gasteiger partial charge in [0.1, 0.15) is 11.8 Å². The van der Waals surface area contributed by atoms with Crippen molar-refractivity contribution in [2.45, 2.75) is 13.0 Å². The van der Waals surface area contributed by atoms with Crippen LogP contribution in [0.3, 0.4) is 0 Å². The van der Waals surface area contributed by atoms with Crippen LogP contribution in [0.15, 0.2) is 54.2 Å². The second kappa shape index (κ2) is 8.77. The minimum Gasteiger partial charge on any atom is -0.507 e. The number of aromatic nitrogens is 1. The van der Waals surface area contributed by atoms with E-state index in [-0.39, 0.29) is 11.3 Å². The zero-order valence-electron chi connectivity index (χ0n) is 17.0. The number of rotatable bonds is 5. The van der Waals surface area contributed by atoms with E-state index >= 15 is 0 Å². The molecule has 0 spiro atoms. The van der Waals surface area contributed by atoms with Gasteiger partial charge in [-0.2, -0.15) is 0 Å². The summed E-state index contributed by atoms with van der Waals surface area (Å²) in [5.41, 5.74) is 2.20. The summed E-state index contributed by atoms with van der Waals surface area (Å²) in [7, 11) is 0. The van der Waals surface area contributed by atoms with Gasteiger partial charge in [-0.3, -0.25) is 19.5 Å². The van der Waals surface area contributed by atoms with Crippen LogP contribution in [0.5, 0.6) is 0 Å². The molecule has 7 nitrogen and oxygen atoms in total. The van der Waals surface area contributed by atoms with E-state index in [1.165, 1.54) is 4.90 Å².